The van der Waals surface area contributed by atoms with Gasteiger partial charge in [-0.05, 0) is 98.9 Å². The molecule has 0 spiro atoms. The number of aromatic nitrogens is 2. The van der Waals surface area contributed by atoms with Crippen LogP contribution in [-0.4, -0.2) is 137 Å². The Morgan fingerprint density at radius 3 is 2.62 bits per heavy atom. The third kappa shape index (κ3) is 10.1. The SMILES string of the molecule is C=CC(=O)N1CCC(C(=O)N(C)[C@H](C(=O)N[C@H]2CN3CCC=C(C3)c3ccc4c(c3)c(c(-c3cccnc3[C@H](C)OC)n4CC)CC(C)(C)COC(=O)[C@@H]3CCCN(N3)C2=O)C(C)C)C1. The maximum absolute atomic E-state index is 14.7. The number of hydrogen-bond acceptors (Lipinski definition) is 10. The number of hydrogen-bond donors (Lipinski definition) is 2. The number of carbonyl (C=O) groups excluding carboxylic acids is 5. The van der Waals surface area contributed by atoms with Crippen LogP contribution >= 0.6 is 0 Å². The van der Waals surface area contributed by atoms with Crippen LogP contribution in [0.15, 0.2) is 55.3 Å². The summed E-state index contributed by atoms with van der Waals surface area (Å²) < 4.78 is 14.3. The number of likely N-dealkylation sites (tertiary alicyclic amines) is 1. The lowest BCUT2D eigenvalue weighted by Gasteiger charge is -2.38. The van der Waals surface area contributed by atoms with Crippen LogP contribution in [0.5, 0.6) is 0 Å². The Balaban J connectivity index is 1.25. The van der Waals surface area contributed by atoms with Gasteiger partial charge >= 0.3 is 5.97 Å². The molecule has 15 nitrogen and oxygen atoms in total. The van der Waals surface area contributed by atoms with Crippen molar-refractivity contribution in [1.82, 2.24) is 40.0 Å². The van der Waals surface area contributed by atoms with Crippen molar-refractivity contribution >= 4 is 46.1 Å². The van der Waals surface area contributed by atoms with E-state index in [1.54, 1.807) is 25.3 Å². The van der Waals surface area contributed by atoms with Gasteiger partial charge in [0.2, 0.25) is 17.7 Å². The summed E-state index contributed by atoms with van der Waals surface area (Å²) in [6, 6.07) is 8.07. The number of nitrogens with one attached hydrogen (secondary N) is 2. The van der Waals surface area contributed by atoms with Gasteiger partial charge < -0.3 is 29.2 Å². The maximum atomic E-state index is 14.7. The highest BCUT2D eigenvalue weighted by Crippen LogP contribution is 2.41. The number of nitrogens with zero attached hydrogens (tertiary/aromatic N) is 6. The van der Waals surface area contributed by atoms with E-state index in [4.69, 9.17) is 14.5 Å². The van der Waals surface area contributed by atoms with Gasteiger partial charge in [-0.1, -0.05) is 46.4 Å². The molecule has 3 aromatic rings. The summed E-state index contributed by atoms with van der Waals surface area (Å²) in [5, 5.41) is 5.67. The molecule has 2 fully saturated rings. The number of carbonyl (C=O) groups is 5. The molecule has 6 atom stereocenters. The van der Waals surface area contributed by atoms with Gasteiger partial charge in [0.25, 0.3) is 5.91 Å². The minimum absolute atomic E-state index is 0.148. The largest absolute Gasteiger partial charge is 0.464 e. The van der Waals surface area contributed by atoms with Crippen LogP contribution in [0.25, 0.3) is 27.7 Å². The van der Waals surface area contributed by atoms with Crippen molar-refractivity contribution in [3.8, 4) is 11.3 Å². The van der Waals surface area contributed by atoms with Gasteiger partial charge in [-0.2, -0.15) is 0 Å². The quantitative estimate of drug-likeness (QED) is 0.206. The van der Waals surface area contributed by atoms with Crippen molar-refractivity contribution in [3.63, 3.8) is 0 Å². The first-order valence-electron chi connectivity index (χ1n) is 23.3. The van der Waals surface area contributed by atoms with Crippen LogP contribution in [0.4, 0.5) is 0 Å². The van der Waals surface area contributed by atoms with Crippen molar-refractivity contribution in [2.24, 2.45) is 17.3 Å². The molecule has 2 unspecified atom stereocenters. The zero-order valence-electron chi connectivity index (χ0n) is 39.5. The number of esters is 1. The van der Waals surface area contributed by atoms with Crippen LogP contribution < -0.4 is 10.7 Å². The first kappa shape index (κ1) is 47.6. The molecular formula is C50H68N8O7. The fraction of sp³-hybridized carbons (Fsp3) is 0.560. The lowest BCUT2D eigenvalue weighted by atomic mass is 9.84. The number of ether oxygens (including phenoxy) is 2. The second-order valence-electron chi connectivity index (χ2n) is 19.3. The monoisotopic (exact) mass is 893 g/mol. The minimum atomic E-state index is -1.00. The highest BCUT2D eigenvalue weighted by atomic mass is 16.5. The van der Waals surface area contributed by atoms with Crippen molar-refractivity contribution in [3.05, 3.63) is 72.1 Å². The number of pyridine rings is 1. The summed E-state index contributed by atoms with van der Waals surface area (Å²) in [6.07, 6.45) is 7.96. The van der Waals surface area contributed by atoms with Gasteiger partial charge in [-0.3, -0.25) is 38.9 Å². The van der Waals surface area contributed by atoms with Gasteiger partial charge in [-0.15, -0.1) is 0 Å². The van der Waals surface area contributed by atoms with Gasteiger partial charge in [0, 0.05) is 88.0 Å². The lowest BCUT2D eigenvalue weighted by Crippen LogP contribution is -2.63. The first-order chi connectivity index (χ1) is 31.0. The third-order valence-electron chi connectivity index (χ3n) is 13.7. The summed E-state index contributed by atoms with van der Waals surface area (Å²) in [7, 11) is 3.32. The molecule has 0 radical (unpaired) electrons. The number of fused-ring (bicyclic) bond motifs is 6. The van der Waals surface area contributed by atoms with Crippen molar-refractivity contribution in [2.75, 3.05) is 60.0 Å². The lowest BCUT2D eigenvalue weighted by molar-refractivity contribution is -0.155. The van der Waals surface area contributed by atoms with Crippen molar-refractivity contribution < 1.29 is 33.4 Å². The predicted octanol–water partition coefficient (Wildman–Crippen LogP) is 5.14. The minimum Gasteiger partial charge on any atom is -0.464 e. The molecule has 350 valence electrons. The van der Waals surface area contributed by atoms with E-state index in [9.17, 15) is 24.0 Å². The van der Waals surface area contributed by atoms with E-state index in [2.05, 4.69) is 77.9 Å². The Bertz CT molecular complexity index is 2340. The second kappa shape index (κ2) is 20.0. The van der Waals surface area contributed by atoms with E-state index in [-0.39, 0.29) is 49.4 Å². The summed E-state index contributed by atoms with van der Waals surface area (Å²) in [5.74, 6) is -2.45. The predicted molar refractivity (Wildman–Crippen MR) is 250 cm³/mol. The van der Waals surface area contributed by atoms with Crippen molar-refractivity contribution in [1.29, 1.82) is 0 Å². The van der Waals surface area contributed by atoms with Crippen LogP contribution in [0.3, 0.4) is 0 Å². The highest BCUT2D eigenvalue weighted by Gasteiger charge is 2.41. The Morgan fingerprint density at radius 1 is 1.11 bits per heavy atom. The zero-order chi connectivity index (χ0) is 46.7. The fourth-order valence-corrected chi connectivity index (χ4v) is 10.2. The molecule has 0 aliphatic carbocycles. The van der Waals surface area contributed by atoms with Gasteiger partial charge in [-0.25, -0.2) is 5.43 Å². The molecule has 0 saturated carbocycles. The van der Waals surface area contributed by atoms with Crippen LogP contribution in [0.2, 0.25) is 0 Å². The highest BCUT2D eigenvalue weighted by molar-refractivity contribution is 5.96. The third-order valence-corrected chi connectivity index (χ3v) is 13.7. The topological polar surface area (TPSA) is 159 Å². The van der Waals surface area contributed by atoms with Crippen molar-refractivity contribution in [2.45, 2.75) is 104 Å². The summed E-state index contributed by atoms with van der Waals surface area (Å²) in [6.45, 7) is 19.0. The Hall–Kier alpha value is -5.38. The summed E-state index contributed by atoms with van der Waals surface area (Å²) in [5.41, 5.74) is 10.0. The van der Waals surface area contributed by atoms with Gasteiger partial charge in [0.15, 0.2) is 0 Å². The van der Waals surface area contributed by atoms with Crippen LogP contribution in [-0.2, 0) is 46.4 Å². The number of aryl methyl sites for hydroxylation is 1. The van der Waals surface area contributed by atoms with E-state index < -0.39 is 41.3 Å². The van der Waals surface area contributed by atoms with Crippen LogP contribution in [0.1, 0.15) is 90.2 Å². The van der Waals surface area contributed by atoms with Gasteiger partial charge in [0.1, 0.15) is 18.1 Å². The maximum Gasteiger partial charge on any atom is 0.324 e. The normalized spacial score (nSPS) is 23.6. The molecule has 2 saturated heterocycles. The number of cyclic esters (lactones) is 1. The molecular weight excluding hydrogens is 825 g/mol. The average molecular weight is 893 g/mol. The van der Waals surface area contributed by atoms with E-state index in [1.165, 1.54) is 16.0 Å². The zero-order valence-corrected chi connectivity index (χ0v) is 39.5. The Labute approximate surface area is 383 Å². The average Bonchev–Trinajstić information content (AvgIpc) is 3.92. The smallest absolute Gasteiger partial charge is 0.324 e. The summed E-state index contributed by atoms with van der Waals surface area (Å²) in [4.78, 5) is 79.5. The molecule has 6 heterocycles. The number of rotatable bonds is 10. The van der Waals surface area contributed by atoms with E-state index in [0.29, 0.717) is 51.9 Å². The molecule has 4 amide bonds. The number of hydrazine groups is 1. The molecule has 4 aliphatic heterocycles. The number of methoxy groups -OCH3 is 1. The summed E-state index contributed by atoms with van der Waals surface area (Å²) >= 11 is 0. The van der Waals surface area contributed by atoms with E-state index >= 15 is 0 Å². The molecule has 7 rings (SSSR count). The fourth-order valence-electron chi connectivity index (χ4n) is 10.2. The van der Waals surface area contributed by atoms with Gasteiger partial charge in [0.05, 0.1) is 30.0 Å². The van der Waals surface area contributed by atoms with Crippen LogP contribution in [0, 0.1) is 17.3 Å². The molecule has 65 heavy (non-hydrogen) atoms. The Kier molecular flexibility index (Phi) is 14.6. The van der Waals surface area contributed by atoms with E-state index in [1.807, 2.05) is 26.8 Å². The molecule has 1 aromatic carbocycles. The first-order valence-corrected chi connectivity index (χ1v) is 23.3. The molecule has 2 aromatic heterocycles. The number of amides is 4. The standard InChI is InChI=1S/C50H68N8O7/c1-10-42(59)56-24-20-35(28-56)47(61)54(8)44(31(3)4)46(60)52-40-29-55-22-13-15-34(27-55)33-18-19-41-37(25-33)38(45(57(41)11-2)36-16-12-21-51-43(36)32(5)64-9)26-50(6,7)30-65-49(63)39-17-14-23-58(53-39)48(40)62/h10,12,15-16,18-19,21,25,31-32,35,39-40,44,53H,1,11,13-14,17,20,22-24,26-30H2,2-9H3,(H,52,60)/t32-,35?,39-,40-,44-/m0/s1. The number of likely N-dealkylation sites (N-methyl/N-ethyl adjacent to an activating group) is 1. The molecule has 15 heteroatoms. The second-order valence-corrected chi connectivity index (χ2v) is 19.3. The van der Waals surface area contributed by atoms with E-state index in [0.717, 1.165) is 57.5 Å². The number of benzene rings is 1. The molecule has 6 bridgehead atoms. The molecule has 2 N–H and O–H groups in total. The molecule has 4 aliphatic rings. The Morgan fingerprint density at radius 2 is 1.89 bits per heavy atom.